The number of benzene rings is 7. The SMILES string of the molecule is C[Si]1c2ccccc2C2(c3ccccc3-n3c4ccccc4c4cccc2c43)c2cccc(-c3cccc4c3sc3ccccc34)c21. The Morgan fingerprint density at radius 2 is 1.15 bits per heavy atom. The normalized spacial score (nSPS) is 16.6. The molecule has 0 bridgehead atoms. The average molecular weight is 631 g/mol. The van der Waals surface area contributed by atoms with Gasteiger partial charge in [0.05, 0.1) is 22.1 Å². The van der Waals surface area contributed by atoms with Crippen molar-refractivity contribution < 1.29 is 0 Å². The van der Waals surface area contributed by atoms with Gasteiger partial charge in [-0.15, -0.1) is 11.3 Å². The standard InChI is InChI=1S/C44H28NSSi/c1-47-40-26-9-5-20-34(40)44(33-19-4-7-24-38(33)45-37-23-6-2-13-27(37)29-15-11-21-35(44)41(29)45)36-22-12-18-32(43(36)47)31-17-10-16-30-28-14-3-8-25-39(28)46-42(30)31/h2-26H,1H3. The largest absolute Gasteiger partial charge is 0.309 e. The molecule has 2 aromatic heterocycles. The van der Waals surface area contributed by atoms with Crippen molar-refractivity contribution in [3.05, 3.63) is 174 Å². The van der Waals surface area contributed by atoms with Gasteiger partial charge in [-0.2, -0.15) is 0 Å². The van der Waals surface area contributed by atoms with Crippen LogP contribution in [0.2, 0.25) is 6.55 Å². The number of fused-ring (bicyclic) bond motifs is 14. The van der Waals surface area contributed by atoms with Crippen molar-refractivity contribution in [2.75, 3.05) is 0 Å². The summed E-state index contributed by atoms with van der Waals surface area (Å²) < 4.78 is 5.28. The van der Waals surface area contributed by atoms with Crippen molar-refractivity contribution in [1.82, 2.24) is 4.57 Å². The van der Waals surface area contributed by atoms with Crippen molar-refractivity contribution in [2.45, 2.75) is 12.0 Å². The molecule has 1 unspecified atom stereocenters. The lowest BCUT2D eigenvalue weighted by Gasteiger charge is -2.47. The summed E-state index contributed by atoms with van der Waals surface area (Å²) in [5, 5.41) is 8.39. The molecule has 1 radical (unpaired) electrons. The number of para-hydroxylation sites is 3. The lowest BCUT2D eigenvalue weighted by Crippen LogP contribution is -2.56. The Labute approximate surface area is 278 Å². The molecule has 0 saturated heterocycles. The maximum Gasteiger partial charge on any atom is 0.119 e. The summed E-state index contributed by atoms with van der Waals surface area (Å²) >= 11 is 1.93. The van der Waals surface area contributed by atoms with Crippen LogP contribution in [0.5, 0.6) is 0 Å². The minimum absolute atomic E-state index is 0.444. The van der Waals surface area contributed by atoms with Crippen LogP contribution in [0.25, 0.3) is 58.8 Å². The Hall–Kier alpha value is -5.22. The molecule has 0 aliphatic carbocycles. The van der Waals surface area contributed by atoms with E-state index in [2.05, 4.69) is 163 Å². The van der Waals surface area contributed by atoms with E-state index in [9.17, 15) is 0 Å². The van der Waals surface area contributed by atoms with E-state index in [0.717, 1.165) is 0 Å². The van der Waals surface area contributed by atoms with Gasteiger partial charge >= 0.3 is 0 Å². The van der Waals surface area contributed by atoms with Gasteiger partial charge in [0, 0.05) is 30.9 Å². The van der Waals surface area contributed by atoms with Crippen LogP contribution >= 0.6 is 11.3 Å². The van der Waals surface area contributed by atoms with Gasteiger partial charge in [0.15, 0.2) is 0 Å². The molecule has 47 heavy (non-hydrogen) atoms. The van der Waals surface area contributed by atoms with Crippen molar-refractivity contribution >= 4 is 72.5 Å². The molecule has 9 aromatic rings. The molecule has 4 heterocycles. The summed E-state index contributed by atoms with van der Waals surface area (Å²) in [6.45, 7) is 2.52. The number of hydrogen-bond acceptors (Lipinski definition) is 1. The number of thiophene rings is 1. The van der Waals surface area contributed by atoms with E-state index < -0.39 is 14.2 Å². The van der Waals surface area contributed by atoms with Gasteiger partial charge in [0.2, 0.25) is 0 Å². The third kappa shape index (κ3) is 3.09. The van der Waals surface area contributed by atoms with E-state index in [4.69, 9.17) is 0 Å². The summed E-state index contributed by atoms with van der Waals surface area (Å²) in [6.07, 6.45) is 0. The highest BCUT2D eigenvalue weighted by molar-refractivity contribution is 7.26. The van der Waals surface area contributed by atoms with Crippen molar-refractivity contribution in [2.24, 2.45) is 0 Å². The van der Waals surface area contributed by atoms with Crippen LogP contribution in [0.3, 0.4) is 0 Å². The molecule has 1 nitrogen and oxygen atoms in total. The van der Waals surface area contributed by atoms with Crippen molar-refractivity contribution in [3.63, 3.8) is 0 Å². The number of nitrogens with zero attached hydrogens (tertiary/aromatic N) is 1. The van der Waals surface area contributed by atoms with Gasteiger partial charge in [-0.25, -0.2) is 0 Å². The summed E-state index contributed by atoms with van der Waals surface area (Å²) in [5.74, 6) is 0. The summed E-state index contributed by atoms with van der Waals surface area (Å²) in [4.78, 5) is 0. The van der Waals surface area contributed by atoms with E-state index in [0.29, 0.717) is 0 Å². The molecule has 0 fully saturated rings. The number of hydrogen-bond donors (Lipinski definition) is 0. The highest BCUT2D eigenvalue weighted by atomic mass is 32.1. The Balaban J connectivity index is 1.34. The second-order valence-electron chi connectivity index (χ2n) is 13.0. The fraction of sp³-hybridized carbons (Fsp3) is 0.0455. The lowest BCUT2D eigenvalue weighted by molar-refractivity contribution is 0.733. The highest BCUT2D eigenvalue weighted by Gasteiger charge is 2.51. The number of rotatable bonds is 1. The van der Waals surface area contributed by atoms with Crippen LogP contribution in [0.4, 0.5) is 0 Å². The number of aromatic nitrogens is 1. The first-order valence-electron chi connectivity index (χ1n) is 16.4. The van der Waals surface area contributed by atoms with E-state index in [1.165, 1.54) is 91.4 Å². The third-order valence-corrected chi connectivity index (χ3v) is 14.7. The zero-order valence-electron chi connectivity index (χ0n) is 25.8. The predicted molar refractivity (Wildman–Crippen MR) is 202 cm³/mol. The van der Waals surface area contributed by atoms with Crippen LogP contribution in [0.15, 0.2) is 152 Å². The molecular weight excluding hydrogens is 603 g/mol. The third-order valence-electron chi connectivity index (χ3n) is 10.9. The monoisotopic (exact) mass is 630 g/mol. The average Bonchev–Trinajstić information content (AvgIpc) is 3.68. The van der Waals surface area contributed by atoms with Gasteiger partial charge in [-0.3, -0.25) is 0 Å². The first kappa shape index (κ1) is 25.9. The van der Waals surface area contributed by atoms with Crippen LogP contribution in [-0.2, 0) is 5.41 Å². The molecule has 11 rings (SSSR count). The maximum atomic E-state index is 2.54. The van der Waals surface area contributed by atoms with Gasteiger partial charge in [0.25, 0.3) is 0 Å². The second kappa shape index (κ2) is 9.19. The molecule has 2 aliphatic heterocycles. The molecule has 3 heteroatoms. The van der Waals surface area contributed by atoms with Crippen LogP contribution in [-0.4, -0.2) is 13.4 Å². The Morgan fingerprint density at radius 1 is 0.511 bits per heavy atom. The van der Waals surface area contributed by atoms with Gasteiger partial charge < -0.3 is 4.57 Å². The second-order valence-corrected chi connectivity index (χ2v) is 16.3. The predicted octanol–water partition coefficient (Wildman–Crippen LogP) is 10.1. The summed E-state index contributed by atoms with van der Waals surface area (Å²) in [5.41, 5.74) is 11.8. The molecule has 0 N–H and O–H groups in total. The minimum atomic E-state index is -1.13. The highest BCUT2D eigenvalue weighted by Crippen LogP contribution is 2.55. The first-order valence-corrected chi connectivity index (χ1v) is 19.2. The van der Waals surface area contributed by atoms with E-state index in [1.54, 1.807) is 0 Å². The molecule has 2 aliphatic rings. The molecule has 7 aromatic carbocycles. The minimum Gasteiger partial charge on any atom is -0.309 e. The summed E-state index contributed by atoms with van der Waals surface area (Å²) in [7, 11) is -1.13. The van der Waals surface area contributed by atoms with Gasteiger partial charge in [-0.1, -0.05) is 145 Å². The summed E-state index contributed by atoms with van der Waals surface area (Å²) in [6, 6.07) is 57.5. The Morgan fingerprint density at radius 3 is 2.09 bits per heavy atom. The van der Waals surface area contributed by atoms with Crippen LogP contribution in [0, 0.1) is 0 Å². The van der Waals surface area contributed by atoms with Gasteiger partial charge in [0.1, 0.15) is 8.80 Å². The van der Waals surface area contributed by atoms with E-state index in [1.807, 2.05) is 11.3 Å². The van der Waals surface area contributed by atoms with Crippen molar-refractivity contribution in [3.8, 4) is 16.8 Å². The van der Waals surface area contributed by atoms with Gasteiger partial charge in [-0.05, 0) is 56.8 Å². The van der Waals surface area contributed by atoms with Crippen LogP contribution < -0.4 is 10.4 Å². The fourth-order valence-corrected chi connectivity index (χ4v) is 13.0. The quantitative estimate of drug-likeness (QED) is 0.159. The molecule has 1 spiro atoms. The molecule has 219 valence electrons. The Bertz CT molecular complexity index is 2780. The molecule has 0 saturated carbocycles. The smallest absolute Gasteiger partial charge is 0.119 e. The maximum absolute atomic E-state index is 2.54. The molecular formula is C44H28NSSi. The topological polar surface area (TPSA) is 4.93 Å². The fourth-order valence-electron chi connectivity index (χ4n) is 9.15. The Kier molecular flexibility index (Phi) is 5.07. The van der Waals surface area contributed by atoms with E-state index >= 15 is 0 Å². The first-order chi connectivity index (χ1) is 23.3. The molecule has 0 amide bonds. The van der Waals surface area contributed by atoms with E-state index in [-0.39, 0.29) is 0 Å². The lowest BCUT2D eigenvalue weighted by atomic mass is 9.62. The molecule has 1 atom stereocenters. The zero-order valence-corrected chi connectivity index (χ0v) is 27.6. The zero-order chi connectivity index (χ0) is 30.9. The van der Waals surface area contributed by atoms with Crippen LogP contribution in [0.1, 0.15) is 22.3 Å². The van der Waals surface area contributed by atoms with Crippen molar-refractivity contribution in [1.29, 1.82) is 0 Å².